The van der Waals surface area contributed by atoms with Gasteiger partial charge >= 0.3 is 5.97 Å². The van der Waals surface area contributed by atoms with Gasteiger partial charge in [0.25, 0.3) is 0 Å². The number of carbonyl (C=O) groups is 2. The van der Waals surface area contributed by atoms with E-state index in [0.29, 0.717) is 13.1 Å². The predicted molar refractivity (Wildman–Crippen MR) is 64.7 cm³/mol. The van der Waals surface area contributed by atoms with Crippen molar-refractivity contribution in [1.82, 2.24) is 10.2 Å². The average molecular weight is 242 g/mol. The van der Waals surface area contributed by atoms with Crippen LogP contribution in [0.4, 0.5) is 0 Å². The highest BCUT2D eigenvalue weighted by atomic mass is 16.4. The highest BCUT2D eigenvalue weighted by Crippen LogP contribution is 2.21. The number of hydrogen-bond donors (Lipinski definition) is 2. The second-order valence-electron chi connectivity index (χ2n) is 5.83. The first kappa shape index (κ1) is 14.0. The van der Waals surface area contributed by atoms with Crippen LogP contribution in [0.5, 0.6) is 0 Å². The topological polar surface area (TPSA) is 69.6 Å². The molecule has 1 heterocycles. The van der Waals surface area contributed by atoms with E-state index < -0.39 is 5.97 Å². The zero-order valence-electron chi connectivity index (χ0n) is 11.0. The van der Waals surface area contributed by atoms with Crippen molar-refractivity contribution in [1.29, 1.82) is 0 Å². The molecule has 1 atom stereocenters. The van der Waals surface area contributed by atoms with Crippen molar-refractivity contribution in [3.8, 4) is 0 Å². The second-order valence-corrected chi connectivity index (χ2v) is 5.83. The van der Waals surface area contributed by atoms with Crippen molar-refractivity contribution in [3.05, 3.63) is 0 Å². The minimum absolute atomic E-state index is 0.00581. The van der Waals surface area contributed by atoms with Gasteiger partial charge in [-0.2, -0.15) is 0 Å². The Kier molecular flexibility index (Phi) is 4.14. The number of likely N-dealkylation sites (tertiary alicyclic amines) is 1. The highest BCUT2D eigenvalue weighted by Gasteiger charge is 2.35. The Morgan fingerprint density at radius 1 is 1.41 bits per heavy atom. The van der Waals surface area contributed by atoms with E-state index in [1.807, 2.05) is 32.6 Å². The van der Waals surface area contributed by atoms with Crippen molar-refractivity contribution in [3.63, 3.8) is 0 Å². The summed E-state index contributed by atoms with van der Waals surface area (Å²) in [4.78, 5) is 24.4. The molecule has 0 spiro atoms. The summed E-state index contributed by atoms with van der Waals surface area (Å²) < 4.78 is 0. The van der Waals surface area contributed by atoms with Gasteiger partial charge in [0.15, 0.2) is 0 Å². The predicted octanol–water partition coefficient (Wildman–Crippen LogP) is 0.696. The Morgan fingerprint density at radius 2 is 1.94 bits per heavy atom. The van der Waals surface area contributed by atoms with Crippen LogP contribution in [-0.4, -0.2) is 46.6 Å². The van der Waals surface area contributed by atoms with Crippen LogP contribution in [0.15, 0.2) is 0 Å². The van der Waals surface area contributed by atoms with Crippen LogP contribution < -0.4 is 5.32 Å². The first-order valence-electron chi connectivity index (χ1n) is 5.97. The van der Waals surface area contributed by atoms with Gasteiger partial charge in [0, 0.05) is 18.6 Å². The third-order valence-corrected chi connectivity index (χ3v) is 2.87. The zero-order chi connectivity index (χ0) is 13.2. The lowest BCUT2D eigenvalue weighted by molar-refractivity contribution is -0.140. The van der Waals surface area contributed by atoms with E-state index in [4.69, 9.17) is 5.11 Å². The molecule has 5 nitrogen and oxygen atoms in total. The van der Waals surface area contributed by atoms with Gasteiger partial charge in [0.2, 0.25) is 5.91 Å². The summed E-state index contributed by atoms with van der Waals surface area (Å²) in [5.41, 5.74) is -0.226. The molecule has 0 bridgehead atoms. The largest absolute Gasteiger partial charge is 0.481 e. The minimum Gasteiger partial charge on any atom is -0.481 e. The summed E-state index contributed by atoms with van der Waals surface area (Å²) in [5.74, 6) is -0.565. The number of nitrogens with one attached hydrogen (secondary N) is 1. The van der Waals surface area contributed by atoms with Crippen molar-refractivity contribution in [2.75, 3.05) is 13.1 Å². The normalized spacial score (nSPS) is 19.5. The molecule has 5 heteroatoms. The van der Waals surface area contributed by atoms with Crippen LogP contribution in [0.1, 0.15) is 34.1 Å². The monoisotopic (exact) mass is 242 g/mol. The molecule has 1 rings (SSSR count). The fourth-order valence-corrected chi connectivity index (χ4v) is 1.94. The summed E-state index contributed by atoms with van der Waals surface area (Å²) in [5, 5.41) is 11.6. The summed E-state index contributed by atoms with van der Waals surface area (Å²) in [7, 11) is 0. The lowest BCUT2D eigenvalue weighted by Gasteiger charge is -2.42. The number of rotatable bonds is 4. The molecule has 0 aromatic rings. The molecule has 1 fully saturated rings. The molecule has 0 saturated carbocycles. The van der Waals surface area contributed by atoms with Gasteiger partial charge in [-0.15, -0.1) is 0 Å². The number of carboxylic acid groups (broad SMARTS) is 1. The van der Waals surface area contributed by atoms with Gasteiger partial charge in [0.05, 0.1) is 12.5 Å². The minimum atomic E-state index is -0.763. The quantitative estimate of drug-likeness (QED) is 0.761. The zero-order valence-corrected chi connectivity index (χ0v) is 11.0. The Morgan fingerprint density at radius 3 is 2.35 bits per heavy atom. The summed E-state index contributed by atoms with van der Waals surface area (Å²) in [6, 6.07) is -0.181. The molecule has 98 valence electrons. The molecular formula is C12H22N2O3. The fourth-order valence-electron chi connectivity index (χ4n) is 1.94. The maximum absolute atomic E-state index is 11.9. The van der Waals surface area contributed by atoms with Crippen LogP contribution in [0.2, 0.25) is 0 Å². The van der Waals surface area contributed by atoms with Crippen molar-refractivity contribution >= 4 is 11.9 Å². The number of carboxylic acids is 1. The van der Waals surface area contributed by atoms with Crippen molar-refractivity contribution in [2.45, 2.75) is 45.7 Å². The first-order valence-corrected chi connectivity index (χ1v) is 5.97. The van der Waals surface area contributed by atoms with E-state index in [9.17, 15) is 9.59 Å². The van der Waals surface area contributed by atoms with Crippen LogP contribution >= 0.6 is 0 Å². The highest BCUT2D eigenvalue weighted by molar-refractivity contribution is 5.82. The molecule has 0 radical (unpaired) electrons. The molecule has 0 aromatic carbocycles. The third-order valence-electron chi connectivity index (χ3n) is 2.87. The number of carbonyl (C=O) groups excluding carboxylic acids is 1. The Labute approximate surface area is 102 Å². The van der Waals surface area contributed by atoms with Crippen LogP contribution in [0.25, 0.3) is 0 Å². The van der Waals surface area contributed by atoms with Crippen LogP contribution in [0, 0.1) is 5.92 Å². The molecule has 0 aromatic heterocycles. The fraction of sp³-hybridized carbons (Fsp3) is 0.833. The smallest absolute Gasteiger partial charge is 0.303 e. The van der Waals surface area contributed by atoms with E-state index in [-0.39, 0.29) is 29.8 Å². The van der Waals surface area contributed by atoms with Gasteiger partial charge in [-0.05, 0) is 33.6 Å². The third kappa shape index (κ3) is 4.34. The van der Waals surface area contributed by atoms with Gasteiger partial charge in [0.1, 0.15) is 0 Å². The number of amides is 1. The molecule has 1 aliphatic heterocycles. The number of aliphatic carboxylic acids is 1. The maximum Gasteiger partial charge on any atom is 0.303 e. The van der Waals surface area contributed by atoms with Crippen molar-refractivity contribution < 1.29 is 14.7 Å². The van der Waals surface area contributed by atoms with E-state index in [1.54, 1.807) is 0 Å². The lowest BCUT2D eigenvalue weighted by atomic mass is 9.94. The maximum atomic E-state index is 11.9. The average Bonchev–Trinajstić information content (AvgIpc) is 2.06. The number of nitrogens with zero attached hydrogens (tertiary/aromatic N) is 1. The number of hydrogen-bond acceptors (Lipinski definition) is 3. The van der Waals surface area contributed by atoms with Gasteiger partial charge < -0.3 is 10.4 Å². The summed E-state index contributed by atoms with van der Waals surface area (Å²) >= 11 is 0. The lowest BCUT2D eigenvalue weighted by Crippen LogP contribution is -2.58. The second kappa shape index (κ2) is 5.04. The van der Waals surface area contributed by atoms with Gasteiger partial charge in [-0.1, -0.05) is 0 Å². The molecule has 1 unspecified atom stereocenters. The summed E-state index contributed by atoms with van der Waals surface area (Å²) in [6.07, 6.45) is 0.199. The molecule has 1 saturated heterocycles. The van der Waals surface area contributed by atoms with E-state index >= 15 is 0 Å². The molecule has 17 heavy (non-hydrogen) atoms. The van der Waals surface area contributed by atoms with E-state index in [1.165, 1.54) is 0 Å². The van der Waals surface area contributed by atoms with E-state index in [0.717, 1.165) is 0 Å². The Hall–Kier alpha value is -1.10. The van der Waals surface area contributed by atoms with Crippen LogP contribution in [0.3, 0.4) is 0 Å². The van der Waals surface area contributed by atoms with Crippen molar-refractivity contribution in [2.24, 2.45) is 5.92 Å². The van der Waals surface area contributed by atoms with Gasteiger partial charge in [-0.3, -0.25) is 14.5 Å². The standard InChI is InChI=1S/C12H22N2O3/c1-8(11(17)13-12(2,3)4)14-6-9(7-14)5-10(15)16/h8-9H,5-7H2,1-4H3,(H,13,17)(H,15,16). The van der Waals surface area contributed by atoms with Crippen LogP contribution in [-0.2, 0) is 9.59 Å². The Bertz CT molecular complexity index is 303. The molecule has 2 N–H and O–H groups in total. The SMILES string of the molecule is CC(C(=O)NC(C)(C)C)N1CC(CC(=O)O)C1. The van der Waals surface area contributed by atoms with E-state index in [2.05, 4.69) is 5.32 Å². The summed E-state index contributed by atoms with van der Waals surface area (Å²) in [6.45, 7) is 9.09. The molecule has 1 amide bonds. The first-order chi connectivity index (χ1) is 7.69. The van der Waals surface area contributed by atoms with Gasteiger partial charge in [-0.25, -0.2) is 0 Å². The molecule has 1 aliphatic rings. The molecular weight excluding hydrogens is 220 g/mol. The molecule has 0 aliphatic carbocycles. The Balaban J connectivity index is 2.34.